The number of nitrogens with one attached hydrogen (secondary N) is 1. The number of nitro groups is 1. The number of carbonyl (C=O) groups excluding carboxylic acids is 2. The number of nitrogens with zero attached hydrogens (tertiary/aromatic N) is 1. The Labute approximate surface area is 147 Å². The second kappa shape index (κ2) is 7.51. The summed E-state index contributed by atoms with van der Waals surface area (Å²) in [5, 5.41) is 13.3. The molecule has 0 saturated heterocycles. The van der Waals surface area contributed by atoms with E-state index in [0.717, 1.165) is 0 Å². The summed E-state index contributed by atoms with van der Waals surface area (Å²) in [6.07, 6.45) is -0.997. The summed E-state index contributed by atoms with van der Waals surface area (Å²) in [6, 6.07) is 12.5. The van der Waals surface area contributed by atoms with Crippen LogP contribution in [-0.2, 0) is 14.3 Å². The maximum Gasteiger partial charge on any atom is 0.351 e. The van der Waals surface area contributed by atoms with Crippen molar-refractivity contribution in [2.24, 2.45) is 0 Å². The zero-order chi connectivity index (χ0) is 18.5. The largest absolute Gasteiger partial charge is 0.485 e. The number of hydrogen-bond donors (Lipinski definition) is 1. The van der Waals surface area contributed by atoms with Crippen LogP contribution in [0.15, 0.2) is 48.5 Å². The number of nitro benzene ring substituents is 1. The van der Waals surface area contributed by atoms with Crippen LogP contribution in [0.3, 0.4) is 0 Å². The van der Waals surface area contributed by atoms with Crippen LogP contribution in [0.4, 0.5) is 11.4 Å². The lowest BCUT2D eigenvalue weighted by Gasteiger charge is -2.24. The number of anilines is 1. The lowest BCUT2D eigenvalue weighted by molar-refractivity contribution is -0.383. The molecule has 0 fully saturated rings. The van der Waals surface area contributed by atoms with E-state index in [2.05, 4.69) is 5.32 Å². The minimum absolute atomic E-state index is 0.0183. The van der Waals surface area contributed by atoms with Crippen molar-refractivity contribution in [3.8, 4) is 11.5 Å². The van der Waals surface area contributed by atoms with E-state index in [0.29, 0.717) is 11.5 Å². The minimum atomic E-state index is -0.997. The molecule has 0 radical (unpaired) electrons. The first-order valence-corrected chi connectivity index (χ1v) is 7.63. The van der Waals surface area contributed by atoms with Crippen LogP contribution in [0.5, 0.6) is 11.5 Å². The van der Waals surface area contributed by atoms with Crippen molar-refractivity contribution in [1.82, 2.24) is 0 Å². The lowest BCUT2D eigenvalue weighted by Crippen LogP contribution is -2.39. The fourth-order valence-corrected chi connectivity index (χ4v) is 2.29. The lowest BCUT2D eigenvalue weighted by atomic mass is 10.2. The Hall–Kier alpha value is -3.62. The van der Waals surface area contributed by atoms with Gasteiger partial charge in [0.1, 0.15) is 12.3 Å². The third kappa shape index (κ3) is 3.89. The normalized spacial score (nSPS) is 15.0. The Kier molecular flexibility index (Phi) is 4.97. The van der Waals surface area contributed by atoms with Gasteiger partial charge in [0, 0.05) is 6.07 Å². The molecule has 1 aliphatic heterocycles. The van der Waals surface area contributed by atoms with Crippen LogP contribution in [0, 0.1) is 10.1 Å². The molecule has 0 saturated carbocycles. The van der Waals surface area contributed by atoms with E-state index >= 15 is 0 Å². The van der Waals surface area contributed by atoms with Crippen LogP contribution < -0.4 is 14.8 Å². The minimum Gasteiger partial charge on any atom is -0.485 e. The highest BCUT2D eigenvalue weighted by Gasteiger charge is 2.29. The molecule has 1 amide bonds. The molecule has 3 rings (SSSR count). The van der Waals surface area contributed by atoms with Gasteiger partial charge >= 0.3 is 5.97 Å². The number of amides is 1. The first kappa shape index (κ1) is 17.2. The molecular formula is C17H14N2O7. The van der Waals surface area contributed by atoms with E-state index in [4.69, 9.17) is 14.2 Å². The number of para-hydroxylation sites is 4. The summed E-state index contributed by atoms with van der Waals surface area (Å²) >= 11 is 0. The molecule has 1 aliphatic rings. The first-order valence-electron chi connectivity index (χ1n) is 7.63. The van der Waals surface area contributed by atoms with Gasteiger partial charge in [0.15, 0.2) is 18.1 Å². The third-order valence-corrected chi connectivity index (χ3v) is 3.49. The highest BCUT2D eigenvalue weighted by molar-refractivity contribution is 5.95. The average molecular weight is 358 g/mol. The van der Waals surface area contributed by atoms with E-state index in [-0.39, 0.29) is 18.0 Å². The zero-order valence-electron chi connectivity index (χ0n) is 13.4. The number of ether oxygens (including phenoxy) is 3. The second-order valence-corrected chi connectivity index (χ2v) is 5.29. The standard InChI is InChI=1S/C17H14N2O7/c20-16(18-11-5-1-2-6-12(11)19(22)23)10-25-17(21)15-9-24-13-7-3-4-8-14(13)26-15/h1-8,15H,9-10H2,(H,18,20)/t15-/m0/s1. The van der Waals surface area contributed by atoms with Crippen molar-refractivity contribution >= 4 is 23.3 Å². The molecule has 1 atom stereocenters. The van der Waals surface area contributed by atoms with Gasteiger partial charge in [0.05, 0.1) is 4.92 Å². The fourth-order valence-electron chi connectivity index (χ4n) is 2.29. The van der Waals surface area contributed by atoms with Crippen molar-refractivity contribution in [2.75, 3.05) is 18.5 Å². The van der Waals surface area contributed by atoms with E-state index in [1.165, 1.54) is 18.2 Å². The van der Waals surface area contributed by atoms with Gasteiger partial charge in [-0.3, -0.25) is 14.9 Å². The molecule has 0 aliphatic carbocycles. The van der Waals surface area contributed by atoms with Crippen LogP contribution >= 0.6 is 0 Å². The molecular weight excluding hydrogens is 344 g/mol. The van der Waals surface area contributed by atoms with Crippen LogP contribution in [0.25, 0.3) is 0 Å². The topological polar surface area (TPSA) is 117 Å². The summed E-state index contributed by atoms with van der Waals surface area (Å²) in [5.74, 6) is -0.544. The molecule has 9 nitrogen and oxygen atoms in total. The quantitative estimate of drug-likeness (QED) is 0.493. The SMILES string of the molecule is O=C(COC(=O)[C@@H]1COc2ccccc2O1)Nc1ccccc1[N+](=O)[O-]. The smallest absolute Gasteiger partial charge is 0.351 e. The molecule has 1 N–H and O–H groups in total. The van der Waals surface area contributed by atoms with Crippen molar-refractivity contribution in [3.05, 3.63) is 58.6 Å². The zero-order valence-corrected chi connectivity index (χ0v) is 13.4. The Morgan fingerprint density at radius 1 is 1.15 bits per heavy atom. The predicted molar refractivity (Wildman–Crippen MR) is 89.0 cm³/mol. The molecule has 134 valence electrons. The number of benzene rings is 2. The van der Waals surface area contributed by atoms with Gasteiger partial charge in [0.2, 0.25) is 6.10 Å². The molecule has 0 aromatic heterocycles. The third-order valence-electron chi connectivity index (χ3n) is 3.49. The first-order chi connectivity index (χ1) is 12.5. The van der Waals surface area contributed by atoms with E-state index in [9.17, 15) is 19.7 Å². The molecule has 2 aromatic rings. The Morgan fingerprint density at radius 2 is 1.85 bits per heavy atom. The second-order valence-electron chi connectivity index (χ2n) is 5.29. The van der Waals surface area contributed by atoms with Crippen molar-refractivity contribution in [2.45, 2.75) is 6.10 Å². The van der Waals surface area contributed by atoms with Gasteiger partial charge in [-0.05, 0) is 18.2 Å². The Morgan fingerprint density at radius 3 is 2.62 bits per heavy atom. The molecule has 26 heavy (non-hydrogen) atoms. The Bertz CT molecular complexity index is 853. The van der Waals surface area contributed by atoms with Crippen molar-refractivity contribution in [1.29, 1.82) is 0 Å². The maximum absolute atomic E-state index is 12.0. The molecule has 1 heterocycles. The number of carbonyl (C=O) groups is 2. The molecule has 9 heteroatoms. The predicted octanol–water partition coefficient (Wildman–Crippen LogP) is 1.92. The summed E-state index contributed by atoms with van der Waals surface area (Å²) in [5.41, 5.74) is -0.238. The van der Waals surface area contributed by atoms with Crippen LogP contribution in [0.2, 0.25) is 0 Å². The van der Waals surface area contributed by atoms with Gasteiger partial charge in [0.25, 0.3) is 11.6 Å². The highest BCUT2D eigenvalue weighted by atomic mass is 16.6. The summed E-state index contributed by atoms with van der Waals surface area (Å²) in [7, 11) is 0. The number of fused-ring (bicyclic) bond motifs is 1. The summed E-state index contributed by atoms with van der Waals surface area (Å²) in [6.45, 7) is -0.645. The van der Waals surface area contributed by atoms with Crippen LogP contribution in [0.1, 0.15) is 0 Å². The molecule has 2 aromatic carbocycles. The van der Waals surface area contributed by atoms with Gasteiger partial charge in [-0.2, -0.15) is 0 Å². The molecule has 0 unspecified atom stereocenters. The maximum atomic E-state index is 12.0. The van der Waals surface area contributed by atoms with Gasteiger partial charge in [-0.1, -0.05) is 24.3 Å². The van der Waals surface area contributed by atoms with Crippen LogP contribution in [-0.4, -0.2) is 36.1 Å². The van der Waals surface area contributed by atoms with E-state index in [1.807, 2.05) is 0 Å². The van der Waals surface area contributed by atoms with E-state index in [1.54, 1.807) is 30.3 Å². The van der Waals surface area contributed by atoms with Crippen molar-refractivity contribution in [3.63, 3.8) is 0 Å². The number of esters is 1. The fraction of sp³-hybridized carbons (Fsp3) is 0.176. The van der Waals surface area contributed by atoms with Crippen molar-refractivity contribution < 1.29 is 28.7 Å². The average Bonchev–Trinajstić information content (AvgIpc) is 2.66. The van der Waals surface area contributed by atoms with Gasteiger partial charge in [-0.25, -0.2) is 4.79 Å². The highest BCUT2D eigenvalue weighted by Crippen LogP contribution is 2.31. The molecule has 0 bridgehead atoms. The number of rotatable bonds is 5. The molecule has 0 spiro atoms. The summed E-state index contributed by atoms with van der Waals surface area (Å²) in [4.78, 5) is 34.2. The van der Waals surface area contributed by atoms with Gasteiger partial charge in [-0.15, -0.1) is 0 Å². The van der Waals surface area contributed by atoms with E-state index < -0.39 is 29.5 Å². The van der Waals surface area contributed by atoms with Gasteiger partial charge < -0.3 is 19.5 Å². The summed E-state index contributed by atoms with van der Waals surface area (Å²) < 4.78 is 15.8. The number of hydrogen-bond acceptors (Lipinski definition) is 7. The monoisotopic (exact) mass is 358 g/mol. The Balaban J connectivity index is 1.54.